The molecular weight excluding hydrogens is 338 g/mol. The van der Waals surface area contributed by atoms with Crippen LogP contribution in [0.1, 0.15) is 30.4 Å². The summed E-state index contributed by atoms with van der Waals surface area (Å²) in [6.45, 7) is 3.72. The summed E-state index contributed by atoms with van der Waals surface area (Å²) in [7, 11) is 0. The van der Waals surface area contributed by atoms with Gasteiger partial charge in [-0.2, -0.15) is 0 Å². The molecule has 6 nitrogen and oxygen atoms in total. The number of halogens is 1. The van der Waals surface area contributed by atoms with E-state index in [1.807, 2.05) is 13.8 Å². The fourth-order valence-electron chi connectivity index (χ4n) is 1.90. The average molecular weight is 352 g/mol. The maximum atomic E-state index is 12.3. The molecular formula is C14H14BrN3O3. The first-order valence-corrected chi connectivity index (χ1v) is 7.11. The number of amides is 1. The smallest absolute Gasteiger partial charge is 0.287 e. The number of benzene rings is 1. The van der Waals surface area contributed by atoms with Gasteiger partial charge in [0.15, 0.2) is 0 Å². The average Bonchev–Trinajstić information content (AvgIpc) is 2.87. The van der Waals surface area contributed by atoms with E-state index in [0.29, 0.717) is 5.69 Å². The Bertz CT molecular complexity index is 677. The molecule has 21 heavy (non-hydrogen) atoms. The van der Waals surface area contributed by atoms with Crippen LogP contribution in [-0.2, 0) is 0 Å². The molecule has 1 heterocycles. The lowest BCUT2D eigenvalue weighted by atomic mass is 10.3. The summed E-state index contributed by atoms with van der Waals surface area (Å²) in [6, 6.07) is 8.34. The second-order valence-corrected chi connectivity index (χ2v) is 5.72. The molecule has 0 aliphatic heterocycles. The molecule has 110 valence electrons. The Morgan fingerprint density at radius 3 is 2.48 bits per heavy atom. The number of anilines is 1. The van der Waals surface area contributed by atoms with Crippen LogP contribution >= 0.6 is 15.9 Å². The fourth-order valence-corrected chi connectivity index (χ4v) is 2.17. The van der Waals surface area contributed by atoms with Gasteiger partial charge in [-0.25, -0.2) is 0 Å². The van der Waals surface area contributed by atoms with E-state index in [4.69, 9.17) is 0 Å². The van der Waals surface area contributed by atoms with Crippen LogP contribution in [0.15, 0.2) is 41.0 Å². The van der Waals surface area contributed by atoms with Crippen molar-refractivity contribution < 1.29 is 9.72 Å². The maximum absolute atomic E-state index is 12.3. The van der Waals surface area contributed by atoms with Crippen molar-refractivity contribution in [2.75, 3.05) is 5.32 Å². The second kappa shape index (κ2) is 6.09. The third-order valence-corrected chi connectivity index (χ3v) is 3.46. The highest BCUT2D eigenvalue weighted by atomic mass is 79.9. The molecule has 0 spiro atoms. The first-order chi connectivity index (χ1) is 9.88. The first kappa shape index (κ1) is 15.2. The Hall–Kier alpha value is -2.15. The standard InChI is InChI=1S/C14H14BrN3O3/c1-9(2)17-8-12(18(20)21)7-13(17)14(19)16-11-5-3-10(15)4-6-11/h3-9H,1-2H3,(H,16,19). The SMILES string of the molecule is CC(C)n1cc([N+](=O)[O-])cc1C(=O)Nc1ccc(Br)cc1. The van der Waals surface area contributed by atoms with Crippen molar-refractivity contribution in [1.29, 1.82) is 0 Å². The predicted molar refractivity (Wildman–Crippen MR) is 83.6 cm³/mol. The molecule has 1 N–H and O–H groups in total. The van der Waals surface area contributed by atoms with Gasteiger partial charge in [-0.15, -0.1) is 0 Å². The summed E-state index contributed by atoms with van der Waals surface area (Å²) < 4.78 is 2.49. The molecule has 0 radical (unpaired) electrons. The van der Waals surface area contributed by atoms with Crippen molar-refractivity contribution in [3.8, 4) is 0 Å². The third kappa shape index (κ3) is 3.49. The molecule has 1 aromatic carbocycles. The number of aromatic nitrogens is 1. The Balaban J connectivity index is 2.29. The van der Waals surface area contributed by atoms with Crippen molar-refractivity contribution in [3.05, 3.63) is 56.8 Å². The molecule has 0 atom stereocenters. The molecule has 2 rings (SSSR count). The highest BCUT2D eigenvalue weighted by Gasteiger charge is 2.20. The number of nitro groups is 1. The van der Waals surface area contributed by atoms with Crippen molar-refractivity contribution in [2.45, 2.75) is 19.9 Å². The van der Waals surface area contributed by atoms with Crippen LogP contribution in [0, 0.1) is 10.1 Å². The lowest BCUT2D eigenvalue weighted by Crippen LogP contribution is -2.17. The quantitative estimate of drug-likeness (QED) is 0.668. The van der Waals surface area contributed by atoms with Crippen molar-refractivity contribution in [3.63, 3.8) is 0 Å². The molecule has 0 fully saturated rings. The molecule has 0 unspecified atom stereocenters. The Labute approximate surface area is 130 Å². The molecule has 0 aliphatic carbocycles. The van der Waals surface area contributed by atoms with E-state index in [-0.39, 0.29) is 23.3 Å². The molecule has 0 saturated heterocycles. The third-order valence-electron chi connectivity index (χ3n) is 2.94. The summed E-state index contributed by atoms with van der Waals surface area (Å²) in [6.07, 6.45) is 1.38. The monoisotopic (exact) mass is 351 g/mol. The van der Waals surface area contributed by atoms with Crippen LogP contribution in [0.25, 0.3) is 0 Å². The number of carbonyl (C=O) groups is 1. The van der Waals surface area contributed by atoms with Crippen LogP contribution in [0.5, 0.6) is 0 Å². The van der Waals surface area contributed by atoms with Gasteiger partial charge in [0.2, 0.25) is 0 Å². The highest BCUT2D eigenvalue weighted by Crippen LogP contribution is 2.22. The topological polar surface area (TPSA) is 77.2 Å². The van der Waals surface area contributed by atoms with Crippen LogP contribution in [0.4, 0.5) is 11.4 Å². The van der Waals surface area contributed by atoms with Gasteiger partial charge in [0, 0.05) is 22.3 Å². The minimum Gasteiger partial charge on any atom is -0.335 e. The van der Waals surface area contributed by atoms with Gasteiger partial charge in [0.25, 0.3) is 11.6 Å². The highest BCUT2D eigenvalue weighted by molar-refractivity contribution is 9.10. The van der Waals surface area contributed by atoms with E-state index in [9.17, 15) is 14.9 Å². The summed E-state index contributed by atoms with van der Waals surface area (Å²) >= 11 is 3.31. The lowest BCUT2D eigenvalue weighted by Gasteiger charge is -2.12. The molecule has 1 aromatic heterocycles. The van der Waals surface area contributed by atoms with E-state index in [0.717, 1.165) is 4.47 Å². The first-order valence-electron chi connectivity index (χ1n) is 6.31. The van der Waals surface area contributed by atoms with E-state index in [2.05, 4.69) is 21.2 Å². The van der Waals surface area contributed by atoms with Crippen molar-refractivity contribution >= 4 is 33.2 Å². The van der Waals surface area contributed by atoms with Gasteiger partial charge < -0.3 is 9.88 Å². The van der Waals surface area contributed by atoms with Gasteiger partial charge in [-0.1, -0.05) is 15.9 Å². The normalized spacial score (nSPS) is 10.7. The van der Waals surface area contributed by atoms with E-state index < -0.39 is 4.92 Å². The van der Waals surface area contributed by atoms with Gasteiger partial charge in [-0.05, 0) is 38.1 Å². The van der Waals surface area contributed by atoms with Crippen LogP contribution in [-0.4, -0.2) is 15.4 Å². The largest absolute Gasteiger partial charge is 0.335 e. The lowest BCUT2D eigenvalue weighted by molar-refractivity contribution is -0.384. The second-order valence-electron chi connectivity index (χ2n) is 4.80. The van der Waals surface area contributed by atoms with E-state index in [1.165, 1.54) is 12.3 Å². The number of nitrogens with one attached hydrogen (secondary N) is 1. The zero-order valence-corrected chi connectivity index (χ0v) is 13.1. The molecule has 1 amide bonds. The van der Waals surface area contributed by atoms with Crippen LogP contribution in [0.2, 0.25) is 0 Å². The van der Waals surface area contributed by atoms with E-state index in [1.54, 1.807) is 28.8 Å². The predicted octanol–water partition coefficient (Wildman–Crippen LogP) is 3.99. The van der Waals surface area contributed by atoms with Crippen molar-refractivity contribution in [2.24, 2.45) is 0 Å². The number of hydrogen-bond donors (Lipinski definition) is 1. The molecule has 2 aromatic rings. The van der Waals surface area contributed by atoms with Crippen LogP contribution in [0.3, 0.4) is 0 Å². The van der Waals surface area contributed by atoms with Gasteiger partial charge >= 0.3 is 0 Å². The number of carbonyl (C=O) groups excluding carboxylic acids is 1. The summed E-state index contributed by atoms with van der Waals surface area (Å²) in [5.41, 5.74) is 0.798. The molecule has 0 aliphatic rings. The zero-order chi connectivity index (χ0) is 15.6. The minimum absolute atomic E-state index is 0.0515. The van der Waals surface area contributed by atoms with Gasteiger partial charge in [0.05, 0.1) is 11.1 Å². The van der Waals surface area contributed by atoms with Gasteiger partial charge in [0.1, 0.15) is 5.69 Å². The number of nitrogens with zero attached hydrogens (tertiary/aromatic N) is 2. The maximum Gasteiger partial charge on any atom is 0.287 e. The summed E-state index contributed by atoms with van der Waals surface area (Å²) in [4.78, 5) is 22.7. The summed E-state index contributed by atoms with van der Waals surface area (Å²) in [5, 5.41) is 13.6. The fraction of sp³-hybridized carbons (Fsp3) is 0.214. The zero-order valence-electron chi connectivity index (χ0n) is 11.5. The molecule has 7 heteroatoms. The molecule has 0 bridgehead atoms. The van der Waals surface area contributed by atoms with E-state index >= 15 is 0 Å². The Morgan fingerprint density at radius 2 is 1.95 bits per heavy atom. The van der Waals surface area contributed by atoms with Crippen molar-refractivity contribution in [1.82, 2.24) is 4.57 Å². The van der Waals surface area contributed by atoms with Crippen LogP contribution < -0.4 is 5.32 Å². The summed E-state index contributed by atoms with van der Waals surface area (Å²) in [5.74, 6) is -0.376. The number of hydrogen-bond acceptors (Lipinski definition) is 3. The Morgan fingerprint density at radius 1 is 1.33 bits per heavy atom. The number of rotatable bonds is 4. The minimum atomic E-state index is -0.505. The Kier molecular flexibility index (Phi) is 4.42. The van der Waals surface area contributed by atoms with Gasteiger partial charge in [-0.3, -0.25) is 14.9 Å². The molecule has 0 saturated carbocycles.